The fourth-order valence-electron chi connectivity index (χ4n) is 3.04. The van der Waals surface area contributed by atoms with Crippen LogP contribution in [0.2, 0.25) is 0 Å². The lowest BCUT2D eigenvalue weighted by molar-refractivity contribution is -0.384. The summed E-state index contributed by atoms with van der Waals surface area (Å²) in [5, 5.41) is 15.5. The molecule has 0 aliphatic carbocycles. The van der Waals surface area contributed by atoms with Crippen LogP contribution in [0.1, 0.15) is 47.6 Å². The molecule has 7 nitrogen and oxygen atoms in total. The van der Waals surface area contributed by atoms with Crippen molar-refractivity contribution in [3.05, 3.63) is 51.4 Å². The quantitative estimate of drug-likeness (QED) is 0.488. The largest absolute Gasteiger partial charge is 0.361 e. The monoisotopic (exact) mass is 315 g/mol. The van der Waals surface area contributed by atoms with Crippen LogP contribution in [0.3, 0.4) is 0 Å². The van der Waals surface area contributed by atoms with Gasteiger partial charge in [0.1, 0.15) is 17.1 Å². The molecule has 1 fully saturated rings. The highest BCUT2D eigenvalue weighted by atomic mass is 16.6. The van der Waals surface area contributed by atoms with Crippen molar-refractivity contribution in [1.82, 2.24) is 5.16 Å². The molecule has 1 saturated heterocycles. The Bertz CT molecular complexity index is 768. The number of aryl methyl sites for hydroxylation is 1. The van der Waals surface area contributed by atoms with Crippen molar-refractivity contribution in [2.75, 3.05) is 11.4 Å². The second kappa shape index (κ2) is 5.83. The Kier molecular flexibility index (Phi) is 3.85. The van der Waals surface area contributed by atoms with E-state index in [1.807, 2.05) is 17.9 Å². The van der Waals surface area contributed by atoms with Crippen molar-refractivity contribution in [3.8, 4) is 0 Å². The molecule has 0 radical (unpaired) electrons. The number of Topliss-reactive ketones (excluding diaryl/α,β-unsaturated/α-hetero) is 1. The summed E-state index contributed by atoms with van der Waals surface area (Å²) < 4.78 is 5.13. The molecule has 23 heavy (non-hydrogen) atoms. The highest BCUT2D eigenvalue weighted by Crippen LogP contribution is 2.40. The van der Waals surface area contributed by atoms with E-state index in [1.54, 1.807) is 12.1 Å². The topological polar surface area (TPSA) is 89.5 Å². The molecule has 120 valence electrons. The van der Waals surface area contributed by atoms with E-state index in [2.05, 4.69) is 5.16 Å². The first-order valence-electron chi connectivity index (χ1n) is 7.46. The molecule has 1 aliphatic heterocycles. The molecule has 2 heterocycles. The third-order valence-electron chi connectivity index (χ3n) is 4.13. The second-order valence-corrected chi connectivity index (χ2v) is 5.73. The fraction of sp³-hybridized carbons (Fsp3) is 0.375. The molecule has 7 heteroatoms. The third-order valence-corrected chi connectivity index (χ3v) is 4.13. The summed E-state index contributed by atoms with van der Waals surface area (Å²) >= 11 is 0. The van der Waals surface area contributed by atoms with E-state index in [9.17, 15) is 14.9 Å². The molecule has 0 N–H and O–H groups in total. The zero-order chi connectivity index (χ0) is 16.6. The van der Waals surface area contributed by atoms with E-state index >= 15 is 0 Å². The van der Waals surface area contributed by atoms with E-state index in [1.165, 1.54) is 13.0 Å². The average Bonchev–Trinajstić information content (AvgIpc) is 3.14. The van der Waals surface area contributed by atoms with Gasteiger partial charge in [-0.2, -0.15) is 0 Å². The minimum absolute atomic E-state index is 0.0469. The van der Waals surface area contributed by atoms with Gasteiger partial charge in [-0.15, -0.1) is 0 Å². The lowest BCUT2D eigenvalue weighted by Crippen LogP contribution is -2.23. The van der Waals surface area contributed by atoms with Gasteiger partial charge in [-0.05, 0) is 38.8 Å². The van der Waals surface area contributed by atoms with Gasteiger partial charge in [-0.25, -0.2) is 0 Å². The van der Waals surface area contributed by atoms with E-state index in [4.69, 9.17) is 4.52 Å². The van der Waals surface area contributed by atoms with Crippen molar-refractivity contribution >= 4 is 17.2 Å². The van der Waals surface area contributed by atoms with Crippen LogP contribution in [0.5, 0.6) is 0 Å². The zero-order valence-electron chi connectivity index (χ0n) is 13.0. The number of nitro benzene ring substituents is 1. The van der Waals surface area contributed by atoms with Crippen molar-refractivity contribution in [3.63, 3.8) is 0 Å². The first kappa shape index (κ1) is 15.2. The molecule has 0 amide bonds. The average molecular weight is 315 g/mol. The van der Waals surface area contributed by atoms with Gasteiger partial charge in [0.15, 0.2) is 5.78 Å². The molecule has 1 atom stereocenters. The number of nitrogens with zero attached hydrogens (tertiary/aromatic N) is 3. The molecule has 0 unspecified atom stereocenters. The van der Waals surface area contributed by atoms with Crippen LogP contribution >= 0.6 is 0 Å². The van der Waals surface area contributed by atoms with Crippen LogP contribution in [0.15, 0.2) is 28.8 Å². The maximum atomic E-state index is 11.5. The number of hydrogen-bond acceptors (Lipinski definition) is 6. The predicted octanol–water partition coefficient (Wildman–Crippen LogP) is 3.44. The maximum Gasteiger partial charge on any atom is 0.293 e. The van der Waals surface area contributed by atoms with Crippen LogP contribution < -0.4 is 4.90 Å². The molecule has 1 aromatic heterocycles. The summed E-state index contributed by atoms with van der Waals surface area (Å²) in [5.74, 6) is 0.526. The SMILES string of the molecule is CC(=O)c1ccc(N2CCC[C@H]2c2cc(C)on2)c([N+](=O)[O-])c1. The van der Waals surface area contributed by atoms with Crippen molar-refractivity contribution in [2.45, 2.75) is 32.7 Å². The molecule has 0 bridgehead atoms. The number of carbonyl (C=O) groups excluding carboxylic acids is 1. The zero-order valence-corrected chi connectivity index (χ0v) is 13.0. The van der Waals surface area contributed by atoms with Gasteiger partial charge in [-0.3, -0.25) is 14.9 Å². The van der Waals surface area contributed by atoms with Gasteiger partial charge < -0.3 is 9.42 Å². The van der Waals surface area contributed by atoms with Crippen LogP contribution in [-0.2, 0) is 0 Å². The van der Waals surface area contributed by atoms with Crippen LogP contribution in [-0.4, -0.2) is 22.4 Å². The van der Waals surface area contributed by atoms with Crippen molar-refractivity contribution in [1.29, 1.82) is 0 Å². The Morgan fingerprint density at radius 2 is 2.22 bits per heavy atom. The number of nitro groups is 1. The predicted molar refractivity (Wildman–Crippen MR) is 83.7 cm³/mol. The van der Waals surface area contributed by atoms with Gasteiger partial charge in [0.05, 0.1) is 11.0 Å². The molecule has 1 aromatic carbocycles. The summed E-state index contributed by atoms with van der Waals surface area (Å²) in [7, 11) is 0. The summed E-state index contributed by atoms with van der Waals surface area (Å²) in [6.45, 7) is 3.92. The number of rotatable bonds is 4. The Hall–Kier alpha value is -2.70. The van der Waals surface area contributed by atoms with Crippen molar-refractivity contribution in [2.24, 2.45) is 0 Å². The molecule has 3 rings (SSSR count). The molecule has 1 aliphatic rings. The van der Waals surface area contributed by atoms with E-state index in [-0.39, 0.29) is 17.5 Å². The number of ketones is 1. The van der Waals surface area contributed by atoms with Crippen molar-refractivity contribution < 1.29 is 14.2 Å². The second-order valence-electron chi connectivity index (χ2n) is 5.73. The normalized spacial score (nSPS) is 17.5. The van der Waals surface area contributed by atoms with Gasteiger partial charge in [0, 0.05) is 24.2 Å². The minimum Gasteiger partial charge on any atom is -0.361 e. The minimum atomic E-state index is -0.439. The number of anilines is 1. The highest BCUT2D eigenvalue weighted by Gasteiger charge is 2.32. The summed E-state index contributed by atoms with van der Waals surface area (Å²) in [4.78, 5) is 24.4. The van der Waals surface area contributed by atoms with Crippen LogP contribution in [0.25, 0.3) is 0 Å². The molecular weight excluding hydrogens is 298 g/mol. The lowest BCUT2D eigenvalue weighted by Gasteiger charge is -2.25. The first-order chi connectivity index (χ1) is 11.0. The van der Waals surface area contributed by atoms with Crippen LogP contribution in [0.4, 0.5) is 11.4 Å². The number of benzene rings is 1. The Balaban J connectivity index is 2.02. The third kappa shape index (κ3) is 2.81. The summed E-state index contributed by atoms with van der Waals surface area (Å²) in [5.41, 5.74) is 1.59. The highest BCUT2D eigenvalue weighted by molar-refractivity contribution is 5.95. The fourth-order valence-corrected chi connectivity index (χ4v) is 3.04. The van der Waals surface area contributed by atoms with Gasteiger partial charge in [0.25, 0.3) is 5.69 Å². The van der Waals surface area contributed by atoms with E-state index < -0.39 is 4.92 Å². The number of aromatic nitrogens is 1. The number of carbonyl (C=O) groups is 1. The molecule has 0 spiro atoms. The molecule has 2 aromatic rings. The molecular formula is C16H17N3O4. The Labute approximate surface area is 133 Å². The lowest BCUT2D eigenvalue weighted by atomic mass is 10.1. The van der Waals surface area contributed by atoms with E-state index in [0.717, 1.165) is 18.5 Å². The van der Waals surface area contributed by atoms with Crippen LogP contribution in [0, 0.1) is 17.0 Å². The van der Waals surface area contributed by atoms with Gasteiger partial charge in [0.2, 0.25) is 0 Å². The Morgan fingerprint density at radius 1 is 1.43 bits per heavy atom. The van der Waals surface area contributed by atoms with Gasteiger partial charge in [-0.1, -0.05) is 5.16 Å². The smallest absolute Gasteiger partial charge is 0.293 e. The standard InChI is InChI=1S/C16H17N3O4/c1-10-8-13(17-23-10)14-4-3-7-18(14)15-6-5-12(11(2)20)9-16(15)19(21)22/h5-6,8-9,14H,3-4,7H2,1-2H3/t14-/m0/s1. The first-order valence-corrected chi connectivity index (χ1v) is 7.46. The maximum absolute atomic E-state index is 11.5. The Morgan fingerprint density at radius 3 is 2.83 bits per heavy atom. The van der Waals surface area contributed by atoms with Gasteiger partial charge >= 0.3 is 0 Å². The molecule has 0 saturated carbocycles. The van der Waals surface area contributed by atoms with E-state index in [0.29, 0.717) is 23.6 Å². The summed E-state index contributed by atoms with van der Waals surface area (Å²) in [6.07, 6.45) is 1.78. The summed E-state index contributed by atoms with van der Waals surface area (Å²) in [6, 6.07) is 6.45. The number of hydrogen-bond donors (Lipinski definition) is 0.